The Morgan fingerprint density at radius 2 is 1.62 bits per heavy atom. The topological polar surface area (TPSA) is 94.4 Å². The monoisotopic (exact) mass is 579 g/mol. The Hall–Kier alpha value is -4.82. The number of thioether (sulfide) groups is 1. The molecule has 1 aliphatic heterocycles. The molecule has 0 saturated heterocycles. The van der Waals surface area contributed by atoms with Crippen molar-refractivity contribution < 1.29 is 28.9 Å². The molecule has 0 spiro atoms. The molecule has 7 nitrogen and oxygen atoms in total. The van der Waals surface area contributed by atoms with E-state index >= 15 is 0 Å². The van der Waals surface area contributed by atoms with Crippen LogP contribution in [0.15, 0.2) is 112 Å². The van der Waals surface area contributed by atoms with Crippen molar-refractivity contribution in [3.63, 3.8) is 0 Å². The molecule has 4 aromatic carbocycles. The molecular formula is C34H29NO6S. The van der Waals surface area contributed by atoms with Crippen LogP contribution in [0.25, 0.3) is 16.8 Å². The average molecular weight is 580 g/mol. The lowest BCUT2D eigenvalue weighted by Crippen LogP contribution is -2.14. The third-order valence-corrected chi connectivity index (χ3v) is 7.44. The third kappa shape index (κ3) is 6.39. The van der Waals surface area contributed by atoms with Gasteiger partial charge >= 0.3 is 5.97 Å². The second-order valence-corrected chi connectivity index (χ2v) is 10.2. The van der Waals surface area contributed by atoms with Crippen molar-refractivity contribution in [1.82, 2.24) is 0 Å². The summed E-state index contributed by atoms with van der Waals surface area (Å²) in [6.45, 7) is 4.45. The number of hydrogen-bond donors (Lipinski definition) is 1. The van der Waals surface area contributed by atoms with E-state index in [1.807, 2.05) is 43.3 Å². The summed E-state index contributed by atoms with van der Waals surface area (Å²) in [7, 11) is 0. The summed E-state index contributed by atoms with van der Waals surface area (Å²) in [5.74, 6) is -0.462. The molecule has 0 atom stereocenters. The molecule has 0 fully saturated rings. The number of amides is 1. The van der Waals surface area contributed by atoms with Gasteiger partial charge in [-0.25, -0.2) is 9.79 Å². The number of hydrogen-bond acceptors (Lipinski definition) is 7. The summed E-state index contributed by atoms with van der Waals surface area (Å²) in [6, 6.07) is 28.2. The minimum atomic E-state index is -0.752. The summed E-state index contributed by atoms with van der Waals surface area (Å²) in [5, 5.41) is 13.4. The van der Waals surface area contributed by atoms with Crippen molar-refractivity contribution in [2.75, 3.05) is 13.2 Å². The fourth-order valence-corrected chi connectivity index (χ4v) is 5.47. The van der Waals surface area contributed by atoms with Crippen LogP contribution in [0.2, 0.25) is 0 Å². The van der Waals surface area contributed by atoms with Crippen LogP contribution >= 0.6 is 11.8 Å². The standard InChI is InChI=1S/C34H29NO6S/c1-3-39-28-19-22(17-18-27(28)41-21-25-15-10-14-23-11-8-9-16-26(23)25)20-29-31(36)30(34(38)40-4-2)33(42-29)35-32(37)24-12-6-5-7-13-24/h5-20,36H,3-4,21H2,1-2H3. The zero-order valence-corrected chi connectivity index (χ0v) is 24.0. The summed E-state index contributed by atoms with van der Waals surface area (Å²) >= 11 is 1.02. The van der Waals surface area contributed by atoms with Gasteiger partial charge in [0.05, 0.1) is 18.1 Å². The number of aliphatic hydroxyl groups excluding tert-OH is 1. The highest BCUT2D eigenvalue weighted by Crippen LogP contribution is 2.40. The van der Waals surface area contributed by atoms with Crippen LogP contribution in [0.4, 0.5) is 0 Å². The maximum Gasteiger partial charge on any atom is 0.344 e. The molecule has 42 heavy (non-hydrogen) atoms. The van der Waals surface area contributed by atoms with E-state index in [0.717, 1.165) is 28.1 Å². The maximum absolute atomic E-state index is 12.8. The number of fused-ring (bicyclic) bond motifs is 1. The van der Waals surface area contributed by atoms with Gasteiger partial charge in [-0.1, -0.05) is 78.5 Å². The summed E-state index contributed by atoms with van der Waals surface area (Å²) in [6.07, 6.45) is 1.70. The number of carbonyl (C=O) groups is 2. The highest BCUT2D eigenvalue weighted by Gasteiger charge is 2.34. The van der Waals surface area contributed by atoms with E-state index in [2.05, 4.69) is 23.2 Å². The highest BCUT2D eigenvalue weighted by atomic mass is 32.2. The van der Waals surface area contributed by atoms with Gasteiger partial charge in [-0.3, -0.25) is 4.79 Å². The minimum Gasteiger partial charge on any atom is -0.506 e. The zero-order chi connectivity index (χ0) is 29.5. The molecule has 0 aromatic heterocycles. The lowest BCUT2D eigenvalue weighted by Gasteiger charge is -2.14. The fourth-order valence-electron chi connectivity index (χ4n) is 4.46. The van der Waals surface area contributed by atoms with Crippen molar-refractivity contribution in [1.29, 1.82) is 0 Å². The number of nitrogens with zero attached hydrogens (tertiary/aromatic N) is 1. The molecule has 0 radical (unpaired) electrons. The first kappa shape index (κ1) is 28.7. The number of esters is 1. The Balaban J connectivity index is 1.43. The molecule has 0 saturated carbocycles. The molecule has 1 N–H and O–H groups in total. The largest absolute Gasteiger partial charge is 0.506 e. The van der Waals surface area contributed by atoms with Gasteiger partial charge in [0.15, 0.2) is 11.5 Å². The molecule has 212 valence electrons. The maximum atomic E-state index is 12.8. The van der Waals surface area contributed by atoms with Crippen LogP contribution in [-0.2, 0) is 16.1 Å². The van der Waals surface area contributed by atoms with Crippen LogP contribution in [0.3, 0.4) is 0 Å². The summed E-state index contributed by atoms with van der Waals surface area (Å²) in [4.78, 5) is 30.0. The van der Waals surface area contributed by atoms with E-state index in [4.69, 9.17) is 14.2 Å². The Labute approximate surface area is 248 Å². The number of carbonyl (C=O) groups excluding carboxylic acids is 2. The normalized spacial score (nSPS) is 14.9. The van der Waals surface area contributed by atoms with E-state index in [1.165, 1.54) is 0 Å². The highest BCUT2D eigenvalue weighted by molar-refractivity contribution is 8.18. The van der Waals surface area contributed by atoms with E-state index in [-0.39, 0.29) is 23.0 Å². The van der Waals surface area contributed by atoms with Gasteiger partial charge in [0.25, 0.3) is 5.91 Å². The number of aliphatic imine (C=N–C) groups is 1. The van der Waals surface area contributed by atoms with Crippen LogP contribution < -0.4 is 9.47 Å². The molecule has 1 heterocycles. The number of aliphatic hydroxyl groups is 1. The van der Waals surface area contributed by atoms with E-state index in [0.29, 0.717) is 40.7 Å². The van der Waals surface area contributed by atoms with Gasteiger partial charge in [0, 0.05) is 5.56 Å². The lowest BCUT2D eigenvalue weighted by atomic mass is 10.1. The fraction of sp³-hybridized carbons (Fsp3) is 0.147. The number of benzene rings is 4. The SMILES string of the molecule is CCOC(=O)C1=C(O)C(=Cc2ccc(OCc3cccc4ccccc34)c(OCC)c2)SC1=NC(=O)c1ccccc1. The van der Waals surface area contributed by atoms with E-state index in [1.54, 1.807) is 49.4 Å². The quantitative estimate of drug-likeness (QED) is 0.205. The second-order valence-electron chi connectivity index (χ2n) is 9.21. The van der Waals surface area contributed by atoms with Gasteiger partial charge in [-0.2, -0.15) is 0 Å². The van der Waals surface area contributed by atoms with Crippen molar-refractivity contribution in [2.24, 2.45) is 4.99 Å². The minimum absolute atomic E-state index is 0.0751. The molecule has 0 bridgehead atoms. The summed E-state index contributed by atoms with van der Waals surface area (Å²) < 4.78 is 17.2. The smallest absolute Gasteiger partial charge is 0.344 e. The summed E-state index contributed by atoms with van der Waals surface area (Å²) in [5.41, 5.74) is 1.98. The number of rotatable bonds is 9. The third-order valence-electron chi connectivity index (χ3n) is 6.42. The molecule has 4 aromatic rings. The molecule has 0 unspecified atom stereocenters. The number of ether oxygens (including phenoxy) is 3. The lowest BCUT2D eigenvalue weighted by molar-refractivity contribution is -0.138. The molecule has 1 amide bonds. The van der Waals surface area contributed by atoms with Crippen molar-refractivity contribution in [3.8, 4) is 11.5 Å². The first-order chi connectivity index (χ1) is 20.5. The van der Waals surface area contributed by atoms with Gasteiger partial charge in [-0.05, 0) is 66.1 Å². The van der Waals surface area contributed by atoms with Gasteiger partial charge in [0.1, 0.15) is 23.0 Å². The van der Waals surface area contributed by atoms with Crippen molar-refractivity contribution in [3.05, 3.63) is 124 Å². The molecule has 0 aliphatic carbocycles. The van der Waals surface area contributed by atoms with Gasteiger partial charge in [-0.15, -0.1) is 0 Å². The first-order valence-corrected chi connectivity index (χ1v) is 14.3. The van der Waals surface area contributed by atoms with Crippen LogP contribution in [0, 0.1) is 0 Å². The second kappa shape index (κ2) is 13.2. The Kier molecular flexibility index (Phi) is 9.04. The van der Waals surface area contributed by atoms with E-state index < -0.39 is 11.9 Å². The molecule has 1 aliphatic rings. The Bertz CT molecular complexity index is 1720. The Morgan fingerprint density at radius 3 is 2.40 bits per heavy atom. The van der Waals surface area contributed by atoms with Crippen molar-refractivity contribution in [2.45, 2.75) is 20.5 Å². The molecule has 8 heteroatoms. The Morgan fingerprint density at radius 1 is 0.857 bits per heavy atom. The van der Waals surface area contributed by atoms with Gasteiger partial charge < -0.3 is 19.3 Å². The molecular weight excluding hydrogens is 550 g/mol. The zero-order valence-electron chi connectivity index (χ0n) is 23.2. The van der Waals surface area contributed by atoms with E-state index in [9.17, 15) is 14.7 Å². The van der Waals surface area contributed by atoms with Crippen molar-refractivity contribution >= 4 is 45.5 Å². The average Bonchev–Trinajstić information content (AvgIpc) is 3.31. The van der Waals surface area contributed by atoms with Crippen LogP contribution in [0.5, 0.6) is 11.5 Å². The predicted molar refractivity (Wildman–Crippen MR) is 166 cm³/mol. The van der Waals surface area contributed by atoms with Crippen LogP contribution in [0.1, 0.15) is 35.3 Å². The predicted octanol–water partition coefficient (Wildman–Crippen LogP) is 7.52. The van der Waals surface area contributed by atoms with Crippen LogP contribution in [-0.4, -0.2) is 35.2 Å². The molecule has 5 rings (SSSR count). The first-order valence-electron chi connectivity index (χ1n) is 13.5. The van der Waals surface area contributed by atoms with Gasteiger partial charge in [0.2, 0.25) is 0 Å².